The molecule has 3 aromatic rings. The fraction of sp³-hybridized carbons (Fsp3) is 0.514. The molecule has 2 aromatic carbocycles. The number of aldehydes is 1. The van der Waals surface area contributed by atoms with E-state index in [1.54, 1.807) is 26.2 Å². The smallest absolute Gasteiger partial charge is 0.421 e. The number of hydrogen-bond acceptors (Lipinski definition) is 7. The van der Waals surface area contributed by atoms with E-state index < -0.39 is 17.6 Å². The Hall–Kier alpha value is -3.66. The van der Waals surface area contributed by atoms with E-state index in [0.717, 1.165) is 61.8 Å². The lowest BCUT2D eigenvalue weighted by molar-refractivity contribution is -0.137. The first-order valence-corrected chi connectivity index (χ1v) is 16.1. The number of anilines is 4. The minimum atomic E-state index is -4.70. The van der Waals surface area contributed by atoms with Crippen LogP contribution in [0, 0.1) is 30.6 Å². The van der Waals surface area contributed by atoms with Crippen molar-refractivity contribution in [2.45, 2.75) is 70.0 Å². The van der Waals surface area contributed by atoms with Crippen molar-refractivity contribution in [2.75, 3.05) is 30.8 Å². The van der Waals surface area contributed by atoms with Crippen LogP contribution in [0.2, 0.25) is 0 Å². The van der Waals surface area contributed by atoms with Crippen LogP contribution in [0.5, 0.6) is 5.75 Å². The van der Waals surface area contributed by atoms with Crippen molar-refractivity contribution in [3.05, 3.63) is 64.8 Å². The van der Waals surface area contributed by atoms with Gasteiger partial charge in [0.05, 0.1) is 18.5 Å². The summed E-state index contributed by atoms with van der Waals surface area (Å²) in [6, 6.07) is 11.7. The minimum Gasteiger partial charge on any atom is -0.495 e. The molecular weight excluding hydrogens is 579 g/mol. The van der Waals surface area contributed by atoms with E-state index in [4.69, 9.17) is 4.74 Å². The number of benzene rings is 2. The zero-order chi connectivity index (χ0) is 31.3. The zero-order valence-electron chi connectivity index (χ0n) is 25.7. The van der Waals surface area contributed by atoms with E-state index in [9.17, 15) is 18.0 Å². The van der Waals surface area contributed by atoms with Crippen molar-refractivity contribution in [1.82, 2.24) is 14.9 Å². The summed E-state index contributed by atoms with van der Waals surface area (Å²) in [7, 11) is 1.58. The number of aryl methyl sites for hydroxylation is 1. The van der Waals surface area contributed by atoms with Gasteiger partial charge in [-0.1, -0.05) is 18.2 Å². The summed E-state index contributed by atoms with van der Waals surface area (Å²) in [6.45, 7) is 3.96. The number of nitrogens with zero attached hydrogens (tertiary/aromatic N) is 3. The number of halogens is 3. The summed E-state index contributed by atoms with van der Waals surface area (Å²) >= 11 is 0. The number of piperidine rings is 1. The van der Waals surface area contributed by atoms with Gasteiger partial charge in [-0.05, 0) is 124 Å². The number of para-hydroxylation sites is 1. The topological polar surface area (TPSA) is 79.4 Å². The number of hydrogen-bond donors (Lipinski definition) is 2. The lowest BCUT2D eigenvalue weighted by Crippen LogP contribution is -2.57. The van der Waals surface area contributed by atoms with Gasteiger partial charge in [-0.3, -0.25) is 9.69 Å². The van der Waals surface area contributed by atoms with Crippen molar-refractivity contribution >= 4 is 29.4 Å². The molecule has 0 spiro atoms. The molecular formula is C35H40F3N5O2. The second kappa shape index (κ2) is 11.9. The number of carbonyl (C=O) groups excluding carboxylic acids is 1. The molecule has 1 saturated heterocycles. The molecule has 4 aliphatic carbocycles. The Balaban J connectivity index is 1.07. The molecule has 4 saturated carbocycles. The van der Waals surface area contributed by atoms with E-state index in [1.165, 1.54) is 43.7 Å². The van der Waals surface area contributed by atoms with Gasteiger partial charge in [-0.2, -0.15) is 18.2 Å². The average molecular weight is 620 g/mol. The van der Waals surface area contributed by atoms with Crippen LogP contribution in [-0.4, -0.2) is 47.4 Å². The van der Waals surface area contributed by atoms with E-state index >= 15 is 0 Å². The largest absolute Gasteiger partial charge is 0.495 e. The van der Waals surface area contributed by atoms with Crippen LogP contribution >= 0.6 is 0 Å². The number of ether oxygens (including phenoxy) is 1. The number of nitrogens with one attached hydrogen (secondary N) is 2. The van der Waals surface area contributed by atoms with E-state index in [1.807, 2.05) is 12.1 Å². The first-order chi connectivity index (χ1) is 21.7. The highest BCUT2D eigenvalue weighted by atomic mass is 19.4. The van der Waals surface area contributed by atoms with Gasteiger partial charge in [0, 0.05) is 17.8 Å². The number of rotatable bonds is 8. The SMILES string of the molecule is COc1cc(C2CCN(C3C4CC5CC(C4)CC3C5)CC2)ccc1Nc1ncc(C(F)(F)F)c(Nc2c(C)cccc2C=O)n1. The molecule has 8 rings (SSSR count). The average Bonchev–Trinajstić information content (AvgIpc) is 3.01. The lowest BCUT2D eigenvalue weighted by Gasteiger charge is -2.58. The molecule has 1 aromatic heterocycles. The maximum absolute atomic E-state index is 13.9. The Morgan fingerprint density at radius 1 is 0.978 bits per heavy atom. The number of methoxy groups -OCH3 is 1. The Morgan fingerprint density at radius 3 is 2.33 bits per heavy atom. The van der Waals surface area contributed by atoms with Crippen molar-refractivity contribution in [1.29, 1.82) is 0 Å². The van der Waals surface area contributed by atoms with Gasteiger partial charge in [-0.15, -0.1) is 0 Å². The summed E-state index contributed by atoms with van der Waals surface area (Å²) in [6.07, 6.45) is 6.10. The third-order valence-electron chi connectivity index (χ3n) is 10.8. The molecule has 0 amide bonds. The summed E-state index contributed by atoms with van der Waals surface area (Å²) in [4.78, 5) is 22.5. The quantitative estimate of drug-likeness (QED) is 0.247. The fourth-order valence-corrected chi connectivity index (χ4v) is 9.03. The van der Waals surface area contributed by atoms with E-state index in [-0.39, 0.29) is 17.2 Å². The molecule has 2 N–H and O–H groups in total. The van der Waals surface area contributed by atoms with Crippen LogP contribution < -0.4 is 15.4 Å². The molecule has 0 atom stereocenters. The molecule has 4 bridgehead atoms. The highest BCUT2D eigenvalue weighted by Gasteiger charge is 2.50. The van der Waals surface area contributed by atoms with Crippen molar-refractivity contribution < 1.29 is 22.7 Å². The molecule has 5 aliphatic rings. The van der Waals surface area contributed by atoms with Crippen LogP contribution in [0.3, 0.4) is 0 Å². The Labute approximate surface area is 262 Å². The third-order valence-corrected chi connectivity index (χ3v) is 10.8. The van der Waals surface area contributed by atoms with E-state index in [2.05, 4.69) is 31.6 Å². The van der Waals surface area contributed by atoms with Crippen molar-refractivity contribution in [3.8, 4) is 5.75 Å². The van der Waals surface area contributed by atoms with Crippen LogP contribution in [0.1, 0.15) is 77.9 Å². The van der Waals surface area contributed by atoms with Crippen molar-refractivity contribution in [2.24, 2.45) is 23.7 Å². The lowest BCUT2D eigenvalue weighted by atomic mass is 9.53. The van der Waals surface area contributed by atoms with Gasteiger partial charge < -0.3 is 15.4 Å². The maximum Gasteiger partial charge on any atom is 0.421 e. The fourth-order valence-electron chi connectivity index (χ4n) is 9.03. The molecule has 238 valence electrons. The summed E-state index contributed by atoms with van der Waals surface area (Å²) < 4.78 is 47.4. The van der Waals surface area contributed by atoms with Crippen LogP contribution in [0.25, 0.3) is 0 Å². The molecule has 1 aliphatic heterocycles. The van der Waals surface area contributed by atoms with Gasteiger partial charge >= 0.3 is 6.18 Å². The third kappa shape index (κ3) is 5.89. The number of alkyl halides is 3. The molecule has 45 heavy (non-hydrogen) atoms. The number of carbonyl (C=O) groups is 1. The zero-order valence-corrected chi connectivity index (χ0v) is 25.7. The van der Waals surface area contributed by atoms with Gasteiger partial charge in [-0.25, -0.2) is 4.98 Å². The van der Waals surface area contributed by atoms with Gasteiger partial charge in [0.25, 0.3) is 0 Å². The normalized spacial score (nSPS) is 26.6. The minimum absolute atomic E-state index is 0.0261. The Kier molecular flexibility index (Phi) is 7.96. The Morgan fingerprint density at radius 2 is 1.69 bits per heavy atom. The maximum atomic E-state index is 13.9. The highest BCUT2D eigenvalue weighted by molar-refractivity contribution is 5.87. The molecule has 0 unspecified atom stereocenters. The van der Waals surface area contributed by atoms with E-state index in [0.29, 0.717) is 29.2 Å². The standard InChI is InChI=1S/C35H40F3N5O2/c1-20-4-3-5-25(19-44)31(20)41-33-28(35(36,37)38)18-39-34(42-33)40-29-7-6-24(17-30(29)45-2)23-8-10-43(11-9-23)32-26-13-21-12-22(15-26)16-27(32)14-21/h3-7,17-19,21-23,26-27,32H,8-16H2,1-2H3,(H2,39,40,41,42). The first kappa shape index (κ1) is 30.0. The molecule has 0 radical (unpaired) electrons. The predicted octanol–water partition coefficient (Wildman–Crippen LogP) is 8.12. The molecule has 5 fully saturated rings. The van der Waals surface area contributed by atoms with Gasteiger partial charge in [0.1, 0.15) is 17.1 Å². The highest BCUT2D eigenvalue weighted by Crippen LogP contribution is 2.55. The van der Waals surface area contributed by atoms with Crippen LogP contribution in [-0.2, 0) is 6.18 Å². The Bertz CT molecular complexity index is 1540. The monoisotopic (exact) mass is 619 g/mol. The predicted molar refractivity (Wildman–Crippen MR) is 168 cm³/mol. The second-order valence-electron chi connectivity index (χ2n) is 13.6. The first-order valence-electron chi connectivity index (χ1n) is 16.1. The number of likely N-dealkylation sites (tertiary alicyclic amines) is 1. The van der Waals surface area contributed by atoms with Gasteiger partial charge in [0.15, 0.2) is 6.29 Å². The molecule has 2 heterocycles. The second-order valence-corrected chi connectivity index (χ2v) is 13.6. The van der Waals surface area contributed by atoms with Gasteiger partial charge in [0.2, 0.25) is 5.95 Å². The number of aromatic nitrogens is 2. The van der Waals surface area contributed by atoms with Crippen LogP contribution in [0.4, 0.5) is 36.3 Å². The summed E-state index contributed by atoms with van der Waals surface area (Å²) in [5, 5.41) is 5.79. The molecule has 7 nitrogen and oxygen atoms in total. The molecule has 10 heteroatoms. The summed E-state index contributed by atoms with van der Waals surface area (Å²) in [5.74, 6) is 4.31. The summed E-state index contributed by atoms with van der Waals surface area (Å²) in [5.41, 5.74) is 1.84. The van der Waals surface area contributed by atoms with Crippen molar-refractivity contribution in [3.63, 3.8) is 0 Å². The van der Waals surface area contributed by atoms with Crippen LogP contribution in [0.15, 0.2) is 42.6 Å².